The Kier molecular flexibility index (Phi) is 2.17. The molecule has 1 aromatic heterocycles. The van der Waals surface area contributed by atoms with Crippen LogP contribution in [0.1, 0.15) is 5.56 Å². The zero-order chi connectivity index (χ0) is 10.1. The zero-order valence-electron chi connectivity index (χ0n) is 7.71. The minimum Gasteiger partial charge on any atom is -0.382 e. The van der Waals surface area contributed by atoms with E-state index in [0.717, 1.165) is 16.8 Å². The summed E-state index contributed by atoms with van der Waals surface area (Å²) in [6, 6.07) is 7.51. The van der Waals surface area contributed by atoms with E-state index in [0.29, 0.717) is 10.8 Å². The van der Waals surface area contributed by atoms with Crippen LogP contribution in [0.4, 0.5) is 5.82 Å². The highest BCUT2D eigenvalue weighted by Gasteiger charge is 2.05. The quantitative estimate of drug-likeness (QED) is 0.755. The smallest absolute Gasteiger partial charge is 0.145 e. The van der Waals surface area contributed by atoms with Crippen molar-refractivity contribution in [1.82, 2.24) is 10.2 Å². The highest BCUT2D eigenvalue weighted by molar-refractivity contribution is 6.30. The van der Waals surface area contributed by atoms with Gasteiger partial charge < -0.3 is 5.73 Å². The van der Waals surface area contributed by atoms with Gasteiger partial charge in [0, 0.05) is 16.7 Å². The number of nitrogens with zero attached hydrogens (tertiary/aromatic N) is 1. The van der Waals surface area contributed by atoms with Crippen LogP contribution in [0.3, 0.4) is 0 Å². The Bertz CT molecular complexity index is 462. The molecule has 0 fully saturated rings. The van der Waals surface area contributed by atoms with Crippen molar-refractivity contribution in [2.75, 3.05) is 5.73 Å². The Hall–Kier alpha value is -1.48. The van der Waals surface area contributed by atoms with Gasteiger partial charge in [-0.25, -0.2) is 0 Å². The molecule has 0 unspecified atom stereocenters. The number of aryl methyl sites for hydroxylation is 1. The van der Waals surface area contributed by atoms with Crippen LogP contribution >= 0.6 is 11.6 Å². The summed E-state index contributed by atoms with van der Waals surface area (Å²) < 4.78 is 0. The maximum atomic E-state index is 5.91. The Labute approximate surface area is 86.9 Å². The number of rotatable bonds is 1. The number of benzene rings is 1. The van der Waals surface area contributed by atoms with E-state index in [1.165, 1.54) is 0 Å². The first kappa shape index (κ1) is 9.09. The normalized spacial score (nSPS) is 10.4. The van der Waals surface area contributed by atoms with E-state index in [4.69, 9.17) is 17.3 Å². The second-order valence-electron chi connectivity index (χ2n) is 3.17. The van der Waals surface area contributed by atoms with Crippen molar-refractivity contribution in [1.29, 1.82) is 0 Å². The Morgan fingerprint density at radius 1 is 1.36 bits per heavy atom. The first-order chi connectivity index (χ1) is 6.66. The fourth-order valence-corrected chi connectivity index (χ4v) is 1.53. The maximum Gasteiger partial charge on any atom is 0.145 e. The third-order valence-corrected chi connectivity index (χ3v) is 2.32. The predicted octanol–water partition coefficient (Wildman–Crippen LogP) is 2.62. The van der Waals surface area contributed by atoms with Crippen molar-refractivity contribution in [2.45, 2.75) is 6.92 Å². The molecule has 2 aromatic rings. The second kappa shape index (κ2) is 3.35. The molecule has 72 valence electrons. The SMILES string of the molecule is Cc1ccc(Cl)cc1-c1cc(N)n[nH]1. The number of hydrogen-bond acceptors (Lipinski definition) is 2. The van der Waals surface area contributed by atoms with Gasteiger partial charge in [-0.05, 0) is 24.6 Å². The van der Waals surface area contributed by atoms with Gasteiger partial charge in [0.05, 0.1) is 5.69 Å². The van der Waals surface area contributed by atoms with Crippen LogP contribution in [0.15, 0.2) is 24.3 Å². The number of halogens is 1. The molecule has 2 rings (SSSR count). The van der Waals surface area contributed by atoms with Gasteiger partial charge >= 0.3 is 0 Å². The lowest BCUT2D eigenvalue weighted by molar-refractivity contribution is 1.10. The van der Waals surface area contributed by atoms with E-state index in [1.54, 1.807) is 6.07 Å². The molecule has 0 spiro atoms. The van der Waals surface area contributed by atoms with E-state index in [2.05, 4.69) is 10.2 Å². The number of H-pyrrole nitrogens is 1. The minimum absolute atomic E-state index is 0.486. The van der Waals surface area contributed by atoms with Crippen molar-refractivity contribution in [3.63, 3.8) is 0 Å². The molecule has 0 atom stereocenters. The standard InChI is InChI=1S/C10H10ClN3/c1-6-2-3-7(11)4-8(6)9-5-10(12)14-13-9/h2-5H,1H3,(H3,12,13,14). The molecule has 0 saturated carbocycles. The van der Waals surface area contributed by atoms with Crippen LogP contribution in [-0.2, 0) is 0 Å². The van der Waals surface area contributed by atoms with Crippen molar-refractivity contribution in [3.8, 4) is 11.3 Å². The van der Waals surface area contributed by atoms with Crippen molar-refractivity contribution in [2.24, 2.45) is 0 Å². The summed E-state index contributed by atoms with van der Waals surface area (Å²) in [5.41, 5.74) is 8.59. The average Bonchev–Trinajstić information content (AvgIpc) is 2.56. The van der Waals surface area contributed by atoms with Crippen LogP contribution in [0.5, 0.6) is 0 Å². The lowest BCUT2D eigenvalue weighted by atomic mass is 10.1. The van der Waals surface area contributed by atoms with E-state index in [-0.39, 0.29) is 0 Å². The molecule has 0 bridgehead atoms. The lowest BCUT2D eigenvalue weighted by Gasteiger charge is -2.02. The predicted molar refractivity (Wildman–Crippen MR) is 58.2 cm³/mol. The zero-order valence-corrected chi connectivity index (χ0v) is 8.47. The molecule has 0 aliphatic heterocycles. The molecule has 0 saturated heterocycles. The summed E-state index contributed by atoms with van der Waals surface area (Å²) in [6.45, 7) is 2.02. The van der Waals surface area contributed by atoms with E-state index in [9.17, 15) is 0 Å². The lowest BCUT2D eigenvalue weighted by Crippen LogP contribution is -1.83. The average molecular weight is 208 g/mol. The molecule has 0 radical (unpaired) electrons. The van der Waals surface area contributed by atoms with Gasteiger partial charge in [0.2, 0.25) is 0 Å². The van der Waals surface area contributed by atoms with Gasteiger partial charge in [0.15, 0.2) is 0 Å². The molecule has 1 heterocycles. The summed E-state index contributed by atoms with van der Waals surface area (Å²) >= 11 is 5.91. The highest BCUT2D eigenvalue weighted by Crippen LogP contribution is 2.25. The fraction of sp³-hybridized carbons (Fsp3) is 0.100. The number of aromatic nitrogens is 2. The Morgan fingerprint density at radius 2 is 2.14 bits per heavy atom. The molecule has 0 aliphatic carbocycles. The van der Waals surface area contributed by atoms with Gasteiger partial charge in [-0.1, -0.05) is 17.7 Å². The largest absolute Gasteiger partial charge is 0.382 e. The molecule has 0 aliphatic rings. The van der Waals surface area contributed by atoms with E-state index in [1.807, 2.05) is 25.1 Å². The molecule has 3 nitrogen and oxygen atoms in total. The third kappa shape index (κ3) is 1.59. The Balaban J connectivity index is 2.55. The number of aromatic amines is 1. The molecular weight excluding hydrogens is 198 g/mol. The monoisotopic (exact) mass is 207 g/mol. The first-order valence-corrected chi connectivity index (χ1v) is 4.62. The third-order valence-electron chi connectivity index (χ3n) is 2.09. The van der Waals surface area contributed by atoms with Crippen LogP contribution < -0.4 is 5.73 Å². The molecule has 0 amide bonds. The van der Waals surface area contributed by atoms with Gasteiger partial charge in [0.25, 0.3) is 0 Å². The van der Waals surface area contributed by atoms with E-state index >= 15 is 0 Å². The topological polar surface area (TPSA) is 54.7 Å². The van der Waals surface area contributed by atoms with Crippen molar-refractivity contribution < 1.29 is 0 Å². The number of anilines is 1. The van der Waals surface area contributed by atoms with Crippen LogP contribution in [0, 0.1) is 6.92 Å². The van der Waals surface area contributed by atoms with Crippen molar-refractivity contribution >= 4 is 17.4 Å². The molecule has 14 heavy (non-hydrogen) atoms. The van der Waals surface area contributed by atoms with Gasteiger partial charge in [-0.2, -0.15) is 5.10 Å². The van der Waals surface area contributed by atoms with Gasteiger partial charge in [0.1, 0.15) is 5.82 Å². The molecule has 4 heteroatoms. The maximum absolute atomic E-state index is 5.91. The van der Waals surface area contributed by atoms with Crippen LogP contribution in [-0.4, -0.2) is 10.2 Å². The molecular formula is C10H10ClN3. The highest BCUT2D eigenvalue weighted by atomic mass is 35.5. The second-order valence-corrected chi connectivity index (χ2v) is 3.60. The van der Waals surface area contributed by atoms with Gasteiger partial charge in [-0.3, -0.25) is 5.10 Å². The van der Waals surface area contributed by atoms with E-state index < -0.39 is 0 Å². The number of nitrogens with one attached hydrogen (secondary N) is 1. The molecule has 3 N–H and O–H groups in total. The first-order valence-electron chi connectivity index (χ1n) is 4.24. The summed E-state index contributed by atoms with van der Waals surface area (Å²) in [7, 11) is 0. The summed E-state index contributed by atoms with van der Waals surface area (Å²) in [5, 5.41) is 7.44. The number of nitrogen functional groups attached to an aromatic ring is 1. The number of hydrogen-bond donors (Lipinski definition) is 2. The summed E-state index contributed by atoms with van der Waals surface area (Å²) in [5.74, 6) is 0.486. The fourth-order valence-electron chi connectivity index (χ4n) is 1.36. The van der Waals surface area contributed by atoms with Crippen molar-refractivity contribution in [3.05, 3.63) is 34.9 Å². The van der Waals surface area contributed by atoms with Gasteiger partial charge in [-0.15, -0.1) is 0 Å². The molecule has 1 aromatic carbocycles. The summed E-state index contributed by atoms with van der Waals surface area (Å²) in [6.07, 6.45) is 0. The number of nitrogens with two attached hydrogens (primary N) is 1. The minimum atomic E-state index is 0.486. The summed E-state index contributed by atoms with van der Waals surface area (Å²) in [4.78, 5) is 0. The van der Waals surface area contributed by atoms with Crippen LogP contribution in [0.25, 0.3) is 11.3 Å². The van der Waals surface area contributed by atoms with Crippen LogP contribution in [0.2, 0.25) is 5.02 Å². The Morgan fingerprint density at radius 3 is 2.79 bits per heavy atom.